The van der Waals surface area contributed by atoms with E-state index in [1.54, 1.807) is 24.3 Å². The number of imide groups is 1. The predicted molar refractivity (Wildman–Crippen MR) is 109 cm³/mol. The number of rotatable bonds is 7. The van der Waals surface area contributed by atoms with Crippen LogP contribution in [0.5, 0.6) is 5.75 Å². The zero-order valence-corrected chi connectivity index (χ0v) is 18.4. The van der Waals surface area contributed by atoms with Crippen LogP contribution in [-0.2, 0) is 30.4 Å². The highest BCUT2D eigenvalue weighted by atomic mass is 32.2. The number of ether oxygens (including phenoxy) is 1. The molecule has 2 N–H and O–H groups in total. The van der Waals surface area contributed by atoms with Crippen LogP contribution in [-0.4, -0.2) is 69.8 Å². The fraction of sp³-hybridized carbons (Fsp3) is 0.556. The SMILES string of the molecule is C[C@]1(CS(=O)(=O)N2CCC(Oc3ccc(CS(C)(=O)=O)cc3)CC2)NC(=O)NC1=O. The number of amides is 3. The number of sulfonamides is 1. The third kappa shape index (κ3) is 5.49. The Morgan fingerprint density at radius 3 is 2.20 bits per heavy atom. The summed E-state index contributed by atoms with van der Waals surface area (Å²) in [6.07, 6.45) is 1.94. The van der Waals surface area contributed by atoms with Crippen molar-refractivity contribution < 1.29 is 31.2 Å². The second-order valence-electron chi connectivity index (χ2n) is 7.93. The quantitative estimate of drug-likeness (QED) is 0.547. The first-order chi connectivity index (χ1) is 13.9. The molecule has 166 valence electrons. The van der Waals surface area contributed by atoms with Gasteiger partial charge in [0.25, 0.3) is 5.91 Å². The number of carbonyl (C=O) groups is 2. The van der Waals surface area contributed by atoms with Crippen LogP contribution in [0.15, 0.2) is 24.3 Å². The van der Waals surface area contributed by atoms with Crippen LogP contribution >= 0.6 is 0 Å². The Kier molecular flexibility index (Phi) is 6.12. The maximum Gasteiger partial charge on any atom is 0.322 e. The van der Waals surface area contributed by atoms with Gasteiger partial charge in [0, 0.05) is 19.3 Å². The lowest BCUT2D eigenvalue weighted by molar-refractivity contribution is -0.122. The summed E-state index contributed by atoms with van der Waals surface area (Å²) >= 11 is 0. The van der Waals surface area contributed by atoms with E-state index >= 15 is 0 Å². The minimum atomic E-state index is -3.76. The van der Waals surface area contributed by atoms with Gasteiger partial charge in [-0.15, -0.1) is 0 Å². The predicted octanol–water partition coefficient (Wildman–Crippen LogP) is 0.00230. The number of carbonyl (C=O) groups excluding carboxylic acids is 2. The van der Waals surface area contributed by atoms with Crippen molar-refractivity contribution in [1.82, 2.24) is 14.9 Å². The fourth-order valence-corrected chi connectivity index (χ4v) is 6.21. The maximum absolute atomic E-state index is 12.7. The average molecular weight is 460 g/mol. The van der Waals surface area contributed by atoms with Crippen LogP contribution in [0.3, 0.4) is 0 Å². The van der Waals surface area contributed by atoms with E-state index in [2.05, 4.69) is 10.6 Å². The molecule has 0 radical (unpaired) electrons. The van der Waals surface area contributed by atoms with Gasteiger partial charge in [0.15, 0.2) is 9.84 Å². The zero-order valence-electron chi connectivity index (χ0n) is 16.8. The molecule has 30 heavy (non-hydrogen) atoms. The molecule has 1 aromatic carbocycles. The number of benzene rings is 1. The summed E-state index contributed by atoms with van der Waals surface area (Å²) in [5, 5.41) is 4.43. The van der Waals surface area contributed by atoms with Crippen LogP contribution in [0.4, 0.5) is 4.79 Å². The van der Waals surface area contributed by atoms with E-state index in [0.717, 1.165) is 0 Å². The second-order valence-corrected chi connectivity index (χ2v) is 12.0. The molecule has 3 rings (SSSR count). The van der Waals surface area contributed by atoms with Gasteiger partial charge in [-0.1, -0.05) is 12.1 Å². The molecule has 2 heterocycles. The number of nitrogens with zero attached hydrogens (tertiary/aromatic N) is 1. The van der Waals surface area contributed by atoms with Crippen LogP contribution < -0.4 is 15.4 Å². The van der Waals surface area contributed by atoms with Crippen molar-refractivity contribution in [3.05, 3.63) is 29.8 Å². The van der Waals surface area contributed by atoms with Crippen molar-refractivity contribution in [2.75, 3.05) is 25.1 Å². The van der Waals surface area contributed by atoms with Gasteiger partial charge >= 0.3 is 6.03 Å². The lowest BCUT2D eigenvalue weighted by Crippen LogP contribution is -2.53. The summed E-state index contributed by atoms with van der Waals surface area (Å²) in [6.45, 7) is 1.86. The Balaban J connectivity index is 1.54. The Morgan fingerprint density at radius 2 is 1.70 bits per heavy atom. The van der Waals surface area contributed by atoms with Crippen molar-refractivity contribution in [3.8, 4) is 5.75 Å². The standard InChI is InChI=1S/C18H25N3O7S2/c1-18(16(22)19-17(23)20-18)12-30(26,27)21-9-7-15(8-10-21)28-14-5-3-13(4-6-14)11-29(2,24)25/h3-6,15H,7-12H2,1-2H3,(H2,19,20,22,23)/t18-/m1/s1. The Labute approximate surface area is 175 Å². The molecule has 12 heteroatoms. The van der Waals surface area contributed by atoms with E-state index in [1.807, 2.05) is 0 Å². The molecule has 1 atom stereocenters. The summed E-state index contributed by atoms with van der Waals surface area (Å²) in [5.41, 5.74) is -0.820. The van der Waals surface area contributed by atoms with E-state index in [0.29, 0.717) is 24.2 Å². The second kappa shape index (κ2) is 8.16. The van der Waals surface area contributed by atoms with Crippen molar-refractivity contribution in [2.45, 2.75) is 37.2 Å². The lowest BCUT2D eigenvalue weighted by Gasteiger charge is -2.33. The molecule has 0 unspecified atom stereocenters. The number of hydrogen-bond donors (Lipinski definition) is 2. The van der Waals surface area contributed by atoms with Crippen molar-refractivity contribution in [2.24, 2.45) is 0 Å². The monoisotopic (exact) mass is 459 g/mol. The van der Waals surface area contributed by atoms with Gasteiger partial charge in [-0.3, -0.25) is 10.1 Å². The first-order valence-corrected chi connectivity index (χ1v) is 13.1. The highest BCUT2D eigenvalue weighted by Gasteiger charge is 2.46. The minimum absolute atomic E-state index is 0.0407. The molecule has 2 aliphatic heterocycles. The van der Waals surface area contributed by atoms with Crippen molar-refractivity contribution in [3.63, 3.8) is 0 Å². The first-order valence-electron chi connectivity index (χ1n) is 9.41. The summed E-state index contributed by atoms with van der Waals surface area (Å²) in [4.78, 5) is 23.2. The molecule has 0 spiro atoms. The van der Waals surface area contributed by atoms with Crippen molar-refractivity contribution >= 4 is 31.8 Å². The zero-order chi connectivity index (χ0) is 22.2. The molecule has 0 aliphatic carbocycles. The van der Waals surface area contributed by atoms with Crippen molar-refractivity contribution in [1.29, 1.82) is 0 Å². The summed E-state index contributed by atoms with van der Waals surface area (Å²) < 4.78 is 55.3. The van der Waals surface area contributed by atoms with E-state index < -0.39 is 43.1 Å². The Bertz CT molecular complexity index is 1030. The van der Waals surface area contributed by atoms with E-state index in [-0.39, 0.29) is 24.9 Å². The smallest absolute Gasteiger partial charge is 0.322 e. The number of sulfone groups is 1. The summed E-state index contributed by atoms with van der Waals surface area (Å²) in [5.74, 6) is -0.619. The number of piperidine rings is 1. The molecule has 2 saturated heterocycles. The molecule has 10 nitrogen and oxygen atoms in total. The molecule has 2 fully saturated rings. The van der Waals surface area contributed by atoms with E-state index in [1.165, 1.54) is 17.5 Å². The molecule has 1 aromatic rings. The highest BCUT2D eigenvalue weighted by Crippen LogP contribution is 2.23. The molecule has 3 amide bonds. The van der Waals surface area contributed by atoms with Crippen LogP contribution in [0.25, 0.3) is 0 Å². The summed E-state index contributed by atoms with van der Waals surface area (Å²) in [7, 11) is -6.86. The molecular formula is C18H25N3O7S2. The molecule has 0 bridgehead atoms. The fourth-order valence-electron chi connectivity index (χ4n) is 3.52. The van der Waals surface area contributed by atoms with Crippen LogP contribution in [0.2, 0.25) is 0 Å². The number of hydrogen-bond acceptors (Lipinski definition) is 7. The number of urea groups is 1. The Morgan fingerprint density at radius 1 is 1.10 bits per heavy atom. The minimum Gasteiger partial charge on any atom is -0.490 e. The van der Waals surface area contributed by atoms with Crippen LogP contribution in [0.1, 0.15) is 25.3 Å². The highest BCUT2D eigenvalue weighted by molar-refractivity contribution is 7.90. The van der Waals surface area contributed by atoms with Gasteiger partial charge < -0.3 is 10.1 Å². The van der Waals surface area contributed by atoms with Gasteiger partial charge in [0.2, 0.25) is 10.0 Å². The lowest BCUT2D eigenvalue weighted by atomic mass is 10.1. The Hall–Kier alpha value is -2.18. The van der Waals surface area contributed by atoms with Gasteiger partial charge in [0.1, 0.15) is 17.4 Å². The third-order valence-corrected chi connectivity index (χ3v) is 7.99. The maximum atomic E-state index is 12.7. The summed E-state index contributed by atoms with van der Waals surface area (Å²) in [6, 6.07) is 6.08. The topological polar surface area (TPSA) is 139 Å². The molecule has 2 aliphatic rings. The van der Waals surface area contributed by atoms with Gasteiger partial charge in [-0.25, -0.2) is 25.9 Å². The van der Waals surface area contributed by atoms with Gasteiger partial charge in [-0.05, 0) is 37.5 Å². The van der Waals surface area contributed by atoms with Gasteiger partial charge in [-0.2, -0.15) is 0 Å². The molecular weight excluding hydrogens is 434 g/mol. The largest absolute Gasteiger partial charge is 0.490 e. The first kappa shape index (κ1) is 22.5. The third-order valence-electron chi connectivity index (χ3n) is 5.04. The van der Waals surface area contributed by atoms with E-state index in [9.17, 15) is 26.4 Å². The normalized spacial score (nSPS) is 23.8. The van der Waals surface area contributed by atoms with E-state index in [4.69, 9.17) is 4.74 Å². The number of nitrogens with one attached hydrogen (secondary N) is 2. The average Bonchev–Trinajstić information content (AvgIpc) is 2.86. The van der Waals surface area contributed by atoms with Crippen LogP contribution in [0, 0.1) is 0 Å². The molecule has 0 saturated carbocycles. The molecule has 0 aromatic heterocycles. The van der Waals surface area contributed by atoms with Gasteiger partial charge in [0.05, 0.1) is 11.5 Å².